The average molecular weight is 296 g/mol. The molecule has 0 fully saturated rings. The molecular weight excluding hydrogens is 288 g/mol. The fourth-order valence-electron chi connectivity index (χ4n) is 2.07. The van der Waals surface area contributed by atoms with Crippen LogP contribution in [0.25, 0.3) is 26.6 Å². The molecule has 0 aliphatic heterocycles. The number of nitrogens with one attached hydrogen (secondary N) is 1. The summed E-state index contributed by atoms with van der Waals surface area (Å²) in [6.45, 7) is 0. The van der Waals surface area contributed by atoms with Gasteiger partial charge in [0.25, 0.3) is 11.5 Å². The average Bonchev–Trinajstić information content (AvgIpc) is 3.18. The summed E-state index contributed by atoms with van der Waals surface area (Å²) in [7, 11) is 0. The van der Waals surface area contributed by atoms with Crippen molar-refractivity contribution < 1.29 is 0 Å². The Labute approximate surface area is 121 Å². The third-order valence-corrected chi connectivity index (χ3v) is 4.16. The number of aromatic nitrogens is 6. The van der Waals surface area contributed by atoms with Crippen LogP contribution < -0.4 is 5.56 Å². The highest BCUT2D eigenvalue weighted by Gasteiger charge is 2.12. The predicted molar refractivity (Wildman–Crippen MR) is 78.4 cm³/mol. The molecule has 0 aliphatic carbocycles. The van der Waals surface area contributed by atoms with E-state index in [0.717, 1.165) is 10.4 Å². The fraction of sp³-hybridized carbons (Fsp3) is 0. The van der Waals surface area contributed by atoms with Crippen molar-refractivity contribution in [1.29, 1.82) is 0 Å². The monoisotopic (exact) mass is 296 g/mol. The van der Waals surface area contributed by atoms with Gasteiger partial charge in [-0.25, -0.2) is 14.6 Å². The number of H-pyrrole nitrogens is 1. The Morgan fingerprint density at radius 3 is 2.81 bits per heavy atom. The van der Waals surface area contributed by atoms with Crippen LogP contribution in [0.5, 0.6) is 0 Å². The summed E-state index contributed by atoms with van der Waals surface area (Å²) in [5.74, 6) is 0.252. The zero-order valence-corrected chi connectivity index (χ0v) is 11.4. The third kappa shape index (κ3) is 1.93. The van der Waals surface area contributed by atoms with Crippen LogP contribution in [0.15, 0.2) is 47.5 Å². The Morgan fingerprint density at radius 1 is 1.19 bits per heavy atom. The molecule has 21 heavy (non-hydrogen) atoms. The Morgan fingerprint density at radius 2 is 2.05 bits per heavy atom. The van der Waals surface area contributed by atoms with Crippen LogP contribution >= 0.6 is 11.3 Å². The molecule has 0 unspecified atom stereocenters. The third-order valence-electron chi connectivity index (χ3n) is 3.07. The van der Waals surface area contributed by atoms with E-state index < -0.39 is 0 Å². The predicted octanol–water partition coefficient (Wildman–Crippen LogP) is 1.63. The Kier molecular flexibility index (Phi) is 2.61. The van der Waals surface area contributed by atoms with E-state index in [-0.39, 0.29) is 11.5 Å². The van der Waals surface area contributed by atoms with Crippen molar-refractivity contribution in [2.45, 2.75) is 0 Å². The number of tetrazole rings is 1. The van der Waals surface area contributed by atoms with Gasteiger partial charge in [0.2, 0.25) is 0 Å². The molecule has 0 atom stereocenters. The van der Waals surface area contributed by atoms with Crippen LogP contribution in [0.1, 0.15) is 0 Å². The minimum Gasteiger partial charge on any atom is -0.268 e. The molecule has 0 saturated carbocycles. The molecule has 4 rings (SSSR count). The lowest BCUT2D eigenvalue weighted by Gasteiger charge is -1.97. The van der Waals surface area contributed by atoms with E-state index in [1.807, 2.05) is 36.4 Å². The van der Waals surface area contributed by atoms with Gasteiger partial charge in [0.1, 0.15) is 11.2 Å². The van der Waals surface area contributed by atoms with E-state index in [4.69, 9.17) is 0 Å². The Balaban J connectivity index is 1.93. The number of thiophene rings is 1. The molecule has 3 aromatic heterocycles. The first kappa shape index (κ1) is 11.9. The van der Waals surface area contributed by atoms with Crippen molar-refractivity contribution in [2.24, 2.45) is 0 Å². The maximum Gasteiger partial charge on any atom is 0.269 e. The Hall–Kier alpha value is -2.87. The lowest BCUT2D eigenvalue weighted by Crippen LogP contribution is -2.19. The molecule has 8 heteroatoms. The molecular formula is C13H8N6OS. The number of hydrogen-bond donors (Lipinski definition) is 1. The lowest BCUT2D eigenvalue weighted by atomic mass is 10.2. The summed E-state index contributed by atoms with van der Waals surface area (Å²) in [5.41, 5.74) is 0.866. The van der Waals surface area contributed by atoms with Gasteiger partial charge in [-0.3, -0.25) is 4.79 Å². The van der Waals surface area contributed by atoms with Crippen molar-refractivity contribution in [3.63, 3.8) is 0 Å². The van der Waals surface area contributed by atoms with Crippen LogP contribution in [-0.4, -0.2) is 30.2 Å². The van der Waals surface area contributed by atoms with Crippen LogP contribution in [0, 0.1) is 0 Å². The Bertz CT molecular complexity index is 957. The molecule has 0 spiro atoms. The molecule has 0 bridgehead atoms. The minimum atomic E-state index is -0.197. The van der Waals surface area contributed by atoms with Crippen molar-refractivity contribution in [1.82, 2.24) is 30.2 Å². The van der Waals surface area contributed by atoms with E-state index in [1.54, 1.807) is 0 Å². The van der Waals surface area contributed by atoms with Crippen molar-refractivity contribution in [3.8, 4) is 16.4 Å². The second-order valence-electron chi connectivity index (χ2n) is 4.34. The van der Waals surface area contributed by atoms with Gasteiger partial charge in [0.05, 0.1) is 5.39 Å². The van der Waals surface area contributed by atoms with Gasteiger partial charge >= 0.3 is 0 Å². The van der Waals surface area contributed by atoms with E-state index in [2.05, 4.69) is 25.6 Å². The highest BCUT2D eigenvalue weighted by molar-refractivity contribution is 7.21. The van der Waals surface area contributed by atoms with E-state index in [1.165, 1.54) is 22.2 Å². The molecule has 4 aromatic rings. The summed E-state index contributed by atoms with van der Waals surface area (Å²) >= 11 is 1.48. The molecule has 0 amide bonds. The van der Waals surface area contributed by atoms with Gasteiger partial charge < -0.3 is 0 Å². The first-order chi connectivity index (χ1) is 10.3. The van der Waals surface area contributed by atoms with Gasteiger partial charge in [-0.1, -0.05) is 35.4 Å². The molecule has 0 aliphatic rings. The normalized spacial score (nSPS) is 11.0. The maximum absolute atomic E-state index is 12.5. The van der Waals surface area contributed by atoms with Gasteiger partial charge in [-0.2, -0.15) is 0 Å². The molecule has 7 nitrogen and oxygen atoms in total. The van der Waals surface area contributed by atoms with Crippen LogP contribution in [0.2, 0.25) is 0 Å². The summed E-state index contributed by atoms with van der Waals surface area (Å²) in [6.07, 6.45) is 1.43. The topological polar surface area (TPSA) is 89.3 Å². The van der Waals surface area contributed by atoms with Crippen molar-refractivity contribution >= 4 is 21.6 Å². The number of aromatic amines is 1. The minimum absolute atomic E-state index is 0.197. The highest BCUT2D eigenvalue weighted by atomic mass is 32.1. The van der Waals surface area contributed by atoms with Crippen LogP contribution in [0.4, 0.5) is 0 Å². The van der Waals surface area contributed by atoms with Crippen molar-refractivity contribution in [3.05, 3.63) is 53.1 Å². The zero-order chi connectivity index (χ0) is 14.2. The number of benzene rings is 1. The van der Waals surface area contributed by atoms with E-state index in [9.17, 15) is 4.79 Å². The second-order valence-corrected chi connectivity index (χ2v) is 5.37. The quantitative estimate of drug-likeness (QED) is 0.607. The first-order valence-electron chi connectivity index (χ1n) is 6.13. The van der Waals surface area contributed by atoms with Gasteiger partial charge in [0, 0.05) is 4.88 Å². The molecule has 0 radical (unpaired) electrons. The maximum atomic E-state index is 12.5. The SMILES string of the molecule is O=c1c2cc(-c3ccccc3)sc2ncn1-c1nnn[nH]1. The number of hydrogen-bond acceptors (Lipinski definition) is 6. The molecule has 1 N–H and O–H groups in total. The summed E-state index contributed by atoms with van der Waals surface area (Å²) in [5, 5.41) is 13.8. The molecule has 0 saturated heterocycles. The molecule has 102 valence electrons. The van der Waals surface area contributed by atoms with Gasteiger partial charge in [-0.05, 0) is 22.1 Å². The zero-order valence-electron chi connectivity index (χ0n) is 10.6. The summed E-state index contributed by atoms with van der Waals surface area (Å²) in [6, 6.07) is 11.7. The van der Waals surface area contributed by atoms with Gasteiger partial charge in [-0.15, -0.1) is 11.3 Å². The standard InChI is InChI=1S/C13H8N6OS/c20-12-9-6-10(8-4-2-1-3-5-8)21-11(9)14-7-19(12)13-15-17-18-16-13/h1-7H,(H,15,16,17,18). The van der Waals surface area contributed by atoms with E-state index >= 15 is 0 Å². The number of fused-ring (bicyclic) bond motifs is 1. The number of nitrogens with zero attached hydrogens (tertiary/aromatic N) is 5. The first-order valence-corrected chi connectivity index (χ1v) is 6.95. The second kappa shape index (κ2) is 4.60. The molecule has 3 heterocycles. The van der Waals surface area contributed by atoms with Crippen molar-refractivity contribution in [2.75, 3.05) is 0 Å². The summed E-state index contributed by atoms with van der Waals surface area (Å²) < 4.78 is 1.30. The molecule has 1 aromatic carbocycles. The van der Waals surface area contributed by atoms with Crippen LogP contribution in [0.3, 0.4) is 0 Å². The summed E-state index contributed by atoms with van der Waals surface area (Å²) in [4.78, 5) is 18.5. The lowest BCUT2D eigenvalue weighted by molar-refractivity contribution is 0.879. The smallest absolute Gasteiger partial charge is 0.268 e. The largest absolute Gasteiger partial charge is 0.269 e. The van der Waals surface area contributed by atoms with E-state index in [0.29, 0.717) is 10.2 Å². The van der Waals surface area contributed by atoms with Gasteiger partial charge in [0.15, 0.2) is 0 Å². The number of rotatable bonds is 2. The fourth-order valence-corrected chi connectivity index (χ4v) is 3.07. The van der Waals surface area contributed by atoms with Crippen LogP contribution in [-0.2, 0) is 0 Å². The highest BCUT2D eigenvalue weighted by Crippen LogP contribution is 2.30.